The largest absolute Gasteiger partial charge is 0.481 e. The molecule has 0 unspecified atom stereocenters. The number of hydrogen-bond donors (Lipinski definition) is 3. The molecule has 0 radical (unpaired) electrons. The van der Waals surface area contributed by atoms with Crippen LogP contribution in [-0.2, 0) is 24.7 Å². The summed E-state index contributed by atoms with van der Waals surface area (Å²) < 4.78 is 93.1. The van der Waals surface area contributed by atoms with Gasteiger partial charge in [-0.2, -0.15) is 0 Å². The molecule has 0 atom stereocenters. The zero-order valence-corrected chi connectivity index (χ0v) is 18.3. The van der Waals surface area contributed by atoms with E-state index in [1.807, 2.05) is 0 Å². The van der Waals surface area contributed by atoms with Crippen LogP contribution < -0.4 is 10.5 Å². The fourth-order valence-corrected chi connectivity index (χ4v) is 5.85. The summed E-state index contributed by atoms with van der Waals surface area (Å²) in [6.45, 7) is 0. The summed E-state index contributed by atoms with van der Waals surface area (Å²) >= 11 is 0. The molecule has 13 heteroatoms. The molecule has 0 heterocycles. The first-order chi connectivity index (χ1) is 14.4. The Kier molecular flexibility index (Phi) is 8.34. The van der Waals surface area contributed by atoms with Crippen LogP contribution in [0.15, 0.2) is 9.79 Å². The summed E-state index contributed by atoms with van der Waals surface area (Å²) in [6, 6.07) is -0.499. The lowest BCUT2D eigenvalue weighted by atomic mass is 9.96. The maximum absolute atomic E-state index is 15.1. The van der Waals surface area contributed by atoms with Gasteiger partial charge in [-0.1, -0.05) is 32.1 Å². The molecule has 0 aromatic heterocycles. The van der Waals surface area contributed by atoms with E-state index in [0.717, 1.165) is 32.1 Å². The van der Waals surface area contributed by atoms with Crippen molar-refractivity contribution in [2.24, 2.45) is 5.14 Å². The van der Waals surface area contributed by atoms with E-state index in [9.17, 15) is 30.4 Å². The Morgan fingerprint density at radius 3 is 1.97 bits per heavy atom. The first kappa shape index (κ1) is 25.4. The molecule has 0 bridgehead atoms. The second-order valence-electron chi connectivity index (χ2n) is 7.52. The normalized spacial score (nSPS) is 16.5. The molecule has 1 aliphatic carbocycles. The molecule has 1 saturated carbocycles. The third-order valence-corrected chi connectivity index (χ3v) is 7.85. The summed E-state index contributed by atoms with van der Waals surface area (Å²) in [5, 5.41) is 16.1. The second-order valence-corrected chi connectivity index (χ2v) is 11.1. The van der Waals surface area contributed by atoms with Gasteiger partial charge in [-0.05, 0) is 19.3 Å². The number of sulfone groups is 1. The third kappa shape index (κ3) is 6.32. The van der Waals surface area contributed by atoms with E-state index >= 15 is 4.39 Å². The highest BCUT2D eigenvalue weighted by Gasteiger charge is 2.36. The minimum absolute atomic E-state index is 0.430. The molecule has 2 rings (SSSR count). The zero-order chi connectivity index (χ0) is 23.4. The van der Waals surface area contributed by atoms with Crippen molar-refractivity contribution in [3.05, 3.63) is 17.5 Å². The first-order valence-corrected chi connectivity index (χ1v) is 13.0. The number of anilines is 1. The minimum Gasteiger partial charge on any atom is -0.481 e. The molecule has 0 spiro atoms. The number of carboxylic acids is 1. The van der Waals surface area contributed by atoms with Gasteiger partial charge < -0.3 is 10.4 Å². The van der Waals surface area contributed by atoms with E-state index < -0.39 is 83.4 Å². The summed E-state index contributed by atoms with van der Waals surface area (Å²) in [5.74, 6) is -8.33. The molecule has 1 aromatic carbocycles. The minimum atomic E-state index is -5.06. The van der Waals surface area contributed by atoms with Crippen LogP contribution in [0, 0.1) is 17.5 Å². The fraction of sp³-hybridized carbons (Fsp3) is 0.611. The predicted octanol–water partition coefficient (Wildman–Crippen LogP) is 2.91. The van der Waals surface area contributed by atoms with Crippen LogP contribution in [0.25, 0.3) is 0 Å². The van der Waals surface area contributed by atoms with Crippen LogP contribution >= 0.6 is 0 Å². The number of nitrogens with two attached hydrogens (primary N) is 1. The van der Waals surface area contributed by atoms with Crippen LogP contribution in [0.3, 0.4) is 0 Å². The Hall–Kier alpha value is -1.86. The molecule has 0 aliphatic heterocycles. The van der Waals surface area contributed by atoms with E-state index in [1.165, 1.54) is 0 Å². The van der Waals surface area contributed by atoms with Gasteiger partial charge in [0.25, 0.3) is 0 Å². The van der Waals surface area contributed by atoms with Gasteiger partial charge in [-0.25, -0.2) is 35.1 Å². The summed E-state index contributed by atoms with van der Waals surface area (Å²) in [4.78, 5) is 7.54. The Morgan fingerprint density at radius 1 is 0.935 bits per heavy atom. The fourth-order valence-electron chi connectivity index (χ4n) is 3.61. The highest BCUT2D eigenvalue weighted by Crippen LogP contribution is 2.37. The Bertz CT molecular complexity index is 1040. The monoisotopic (exact) mass is 486 g/mol. The van der Waals surface area contributed by atoms with E-state index in [0.29, 0.717) is 12.8 Å². The second kappa shape index (κ2) is 10.2. The highest BCUT2D eigenvalue weighted by molar-refractivity contribution is 7.91. The Morgan fingerprint density at radius 2 is 1.45 bits per heavy atom. The van der Waals surface area contributed by atoms with Crippen molar-refractivity contribution in [2.75, 3.05) is 11.1 Å². The smallest absolute Gasteiger partial charge is 0.303 e. The van der Waals surface area contributed by atoms with E-state index in [2.05, 4.69) is 5.32 Å². The SMILES string of the molecule is NS(=O)(=O)c1c(F)c(F)c(S(=O)(=O)CCCC(=O)O)c(NC2CCCCCCC2)c1F. The average molecular weight is 487 g/mol. The molecule has 0 amide bonds. The standard InChI is InChI=1S/C18H25F3N2O6S2/c19-13-14(20)18(30(26,27)10-6-9-12(24)25)16(15(21)17(13)31(22,28)29)23-11-7-4-2-1-3-5-8-11/h11,23H,1-10H2,(H,24,25)(H2,22,28,29). The number of nitrogens with one attached hydrogen (secondary N) is 1. The summed E-state index contributed by atoms with van der Waals surface area (Å²) in [6.07, 6.45) is 4.22. The molecule has 0 saturated heterocycles. The van der Waals surface area contributed by atoms with Gasteiger partial charge in [0.05, 0.1) is 11.4 Å². The molecule has 176 valence electrons. The number of sulfonamides is 1. The lowest BCUT2D eigenvalue weighted by molar-refractivity contribution is -0.137. The van der Waals surface area contributed by atoms with Crippen LogP contribution in [0.5, 0.6) is 0 Å². The Labute approximate surface area is 179 Å². The third-order valence-electron chi connectivity index (χ3n) is 5.09. The topological polar surface area (TPSA) is 144 Å². The lowest BCUT2D eigenvalue weighted by Crippen LogP contribution is -2.27. The number of carbonyl (C=O) groups is 1. The van der Waals surface area contributed by atoms with Crippen molar-refractivity contribution in [3.8, 4) is 0 Å². The van der Waals surface area contributed by atoms with Gasteiger partial charge in [0, 0.05) is 12.5 Å². The van der Waals surface area contributed by atoms with E-state index in [1.54, 1.807) is 0 Å². The molecule has 1 aromatic rings. The van der Waals surface area contributed by atoms with Gasteiger partial charge in [-0.15, -0.1) is 0 Å². The van der Waals surface area contributed by atoms with Crippen LogP contribution in [0.1, 0.15) is 57.8 Å². The Balaban J connectivity index is 2.63. The van der Waals surface area contributed by atoms with Crippen molar-refractivity contribution in [3.63, 3.8) is 0 Å². The van der Waals surface area contributed by atoms with Crippen molar-refractivity contribution >= 4 is 31.5 Å². The summed E-state index contributed by atoms with van der Waals surface area (Å²) in [7, 11) is -9.76. The van der Waals surface area contributed by atoms with E-state index in [-0.39, 0.29) is 0 Å². The average Bonchev–Trinajstić information content (AvgIpc) is 2.59. The van der Waals surface area contributed by atoms with Crippen molar-refractivity contribution in [2.45, 2.75) is 73.6 Å². The molecular weight excluding hydrogens is 461 g/mol. The number of rotatable bonds is 8. The molecular formula is C18H25F3N2O6S2. The van der Waals surface area contributed by atoms with E-state index in [4.69, 9.17) is 10.2 Å². The zero-order valence-electron chi connectivity index (χ0n) is 16.7. The molecule has 31 heavy (non-hydrogen) atoms. The van der Waals surface area contributed by atoms with Crippen molar-refractivity contribution < 1.29 is 39.9 Å². The number of carboxylic acid groups (broad SMARTS) is 1. The predicted molar refractivity (Wildman–Crippen MR) is 106 cm³/mol. The highest BCUT2D eigenvalue weighted by atomic mass is 32.2. The van der Waals surface area contributed by atoms with Crippen LogP contribution in [-0.4, -0.2) is 39.7 Å². The van der Waals surface area contributed by atoms with Crippen LogP contribution in [0.4, 0.5) is 18.9 Å². The first-order valence-electron chi connectivity index (χ1n) is 9.80. The van der Waals surface area contributed by atoms with Gasteiger partial charge in [0.15, 0.2) is 32.2 Å². The quantitative estimate of drug-likeness (QED) is 0.479. The number of hydrogen-bond acceptors (Lipinski definition) is 6. The van der Waals surface area contributed by atoms with Crippen molar-refractivity contribution in [1.29, 1.82) is 0 Å². The summed E-state index contributed by atoms with van der Waals surface area (Å²) in [5.41, 5.74) is -0.996. The van der Waals surface area contributed by atoms with Crippen LogP contribution in [0.2, 0.25) is 0 Å². The molecule has 4 N–H and O–H groups in total. The van der Waals surface area contributed by atoms with Gasteiger partial charge in [0.2, 0.25) is 10.0 Å². The molecule has 1 fully saturated rings. The number of primary sulfonamides is 1. The molecule has 1 aliphatic rings. The number of aliphatic carboxylic acids is 1. The van der Waals surface area contributed by atoms with Crippen molar-refractivity contribution in [1.82, 2.24) is 0 Å². The number of halogens is 3. The maximum Gasteiger partial charge on any atom is 0.303 e. The lowest BCUT2D eigenvalue weighted by Gasteiger charge is -2.25. The van der Waals surface area contributed by atoms with Gasteiger partial charge >= 0.3 is 5.97 Å². The van der Waals surface area contributed by atoms with Gasteiger partial charge in [-0.3, -0.25) is 4.79 Å². The number of benzene rings is 1. The van der Waals surface area contributed by atoms with Gasteiger partial charge in [0.1, 0.15) is 4.90 Å². The maximum atomic E-state index is 15.1. The molecule has 8 nitrogen and oxygen atoms in total.